The second kappa shape index (κ2) is 6.86. The topological polar surface area (TPSA) is 36.4 Å². The second-order valence-electron chi connectivity index (χ2n) is 4.91. The Balaban J connectivity index is 2.02. The predicted octanol–water partition coefficient (Wildman–Crippen LogP) is 3.58. The summed E-state index contributed by atoms with van der Waals surface area (Å²) in [6.07, 6.45) is 4.17. The molecule has 0 radical (unpaired) electrons. The number of anilines is 1. The third-order valence-electron chi connectivity index (χ3n) is 3.36. The summed E-state index contributed by atoms with van der Waals surface area (Å²) in [5, 5.41) is 9.64. The Morgan fingerprint density at radius 2 is 1.95 bits per heavy atom. The van der Waals surface area contributed by atoms with Gasteiger partial charge in [-0.1, -0.05) is 22.0 Å². The minimum Gasteiger partial charge on any atom is -0.389 e. The zero-order chi connectivity index (χ0) is 14.5. The van der Waals surface area contributed by atoms with Crippen LogP contribution >= 0.6 is 15.9 Å². The minimum absolute atomic E-state index is 0.458. The molecule has 2 aromatic rings. The molecular weight excluding hydrogens is 316 g/mol. The van der Waals surface area contributed by atoms with Crippen molar-refractivity contribution in [2.24, 2.45) is 0 Å². The van der Waals surface area contributed by atoms with Crippen LogP contribution in [0, 0.1) is 0 Å². The van der Waals surface area contributed by atoms with Gasteiger partial charge in [0.05, 0.1) is 6.10 Å². The van der Waals surface area contributed by atoms with Gasteiger partial charge in [-0.05, 0) is 48.7 Å². The van der Waals surface area contributed by atoms with Crippen LogP contribution in [0.25, 0.3) is 0 Å². The number of aromatic nitrogens is 1. The third-order valence-corrected chi connectivity index (χ3v) is 4.05. The molecule has 1 atom stereocenters. The molecule has 0 aliphatic heterocycles. The number of hydrogen-bond donors (Lipinski definition) is 1. The highest BCUT2D eigenvalue weighted by Gasteiger charge is 2.08. The fourth-order valence-electron chi connectivity index (χ4n) is 2.07. The van der Waals surface area contributed by atoms with Crippen molar-refractivity contribution in [3.05, 3.63) is 58.3 Å². The molecule has 0 saturated heterocycles. The van der Waals surface area contributed by atoms with Gasteiger partial charge in [-0.2, -0.15) is 0 Å². The van der Waals surface area contributed by atoms with E-state index < -0.39 is 6.10 Å². The molecule has 20 heavy (non-hydrogen) atoms. The van der Waals surface area contributed by atoms with E-state index in [0.717, 1.165) is 28.7 Å². The molecule has 4 heteroatoms. The van der Waals surface area contributed by atoms with Gasteiger partial charge in [-0.3, -0.25) is 4.98 Å². The summed E-state index contributed by atoms with van der Waals surface area (Å²) < 4.78 is 0.945. The molecule has 1 unspecified atom stereocenters. The molecule has 0 bridgehead atoms. The first-order valence-electron chi connectivity index (χ1n) is 6.65. The van der Waals surface area contributed by atoms with E-state index in [9.17, 15) is 5.11 Å². The number of nitrogens with zero attached hydrogens (tertiary/aromatic N) is 2. The molecule has 3 nitrogen and oxygen atoms in total. The van der Waals surface area contributed by atoms with Crippen LogP contribution in [-0.4, -0.2) is 23.7 Å². The lowest BCUT2D eigenvalue weighted by Gasteiger charge is -2.21. The maximum atomic E-state index is 9.64. The molecule has 1 N–H and O–H groups in total. The van der Waals surface area contributed by atoms with E-state index >= 15 is 0 Å². The van der Waals surface area contributed by atoms with Gasteiger partial charge >= 0.3 is 0 Å². The number of hydrogen-bond acceptors (Lipinski definition) is 3. The van der Waals surface area contributed by atoms with E-state index in [-0.39, 0.29) is 0 Å². The highest BCUT2D eigenvalue weighted by molar-refractivity contribution is 9.10. The number of rotatable bonds is 5. The summed E-state index contributed by atoms with van der Waals surface area (Å²) in [6, 6.07) is 10.1. The lowest BCUT2D eigenvalue weighted by Crippen LogP contribution is -2.20. The summed E-state index contributed by atoms with van der Waals surface area (Å²) in [7, 11) is 2.07. The summed E-state index contributed by atoms with van der Waals surface area (Å²) in [4.78, 5) is 6.23. The number of aliphatic hydroxyl groups excluding tert-OH is 1. The van der Waals surface area contributed by atoms with Crippen LogP contribution in [0.15, 0.2) is 47.2 Å². The number of benzene rings is 1. The molecular formula is C16H19BrN2O. The van der Waals surface area contributed by atoms with E-state index in [1.165, 1.54) is 5.56 Å². The van der Waals surface area contributed by atoms with Gasteiger partial charge in [0.15, 0.2) is 0 Å². The number of likely N-dealkylation sites (N-methyl/N-ethyl adjacent to an activating group) is 1. The summed E-state index contributed by atoms with van der Waals surface area (Å²) >= 11 is 3.52. The van der Waals surface area contributed by atoms with E-state index in [1.54, 1.807) is 6.92 Å². The van der Waals surface area contributed by atoms with E-state index in [1.807, 2.05) is 36.7 Å². The molecule has 0 saturated carbocycles. The van der Waals surface area contributed by atoms with Crippen molar-refractivity contribution < 1.29 is 5.11 Å². The zero-order valence-corrected chi connectivity index (χ0v) is 13.3. The summed E-state index contributed by atoms with van der Waals surface area (Å²) in [5.74, 6) is 0. The quantitative estimate of drug-likeness (QED) is 0.907. The smallest absolute Gasteiger partial charge is 0.0772 e. The largest absolute Gasteiger partial charge is 0.389 e. The van der Waals surface area contributed by atoms with Crippen LogP contribution in [0.3, 0.4) is 0 Å². The number of pyridine rings is 1. The van der Waals surface area contributed by atoms with E-state index in [2.05, 4.69) is 38.9 Å². The highest BCUT2D eigenvalue weighted by Crippen LogP contribution is 2.27. The van der Waals surface area contributed by atoms with Crippen LogP contribution in [0.1, 0.15) is 24.2 Å². The second-order valence-corrected chi connectivity index (χ2v) is 5.76. The number of halogens is 1. The van der Waals surface area contributed by atoms with E-state index in [0.29, 0.717) is 0 Å². The monoisotopic (exact) mass is 334 g/mol. The summed E-state index contributed by atoms with van der Waals surface area (Å²) in [6.45, 7) is 2.71. The lowest BCUT2D eigenvalue weighted by molar-refractivity contribution is 0.198. The molecule has 2 rings (SSSR count). The normalized spacial score (nSPS) is 12.2. The fourth-order valence-corrected chi connectivity index (χ4v) is 2.77. The van der Waals surface area contributed by atoms with Crippen LogP contribution in [0.5, 0.6) is 0 Å². The molecule has 0 fully saturated rings. The first kappa shape index (κ1) is 15.0. The average molecular weight is 335 g/mol. The molecule has 0 aliphatic rings. The maximum absolute atomic E-state index is 9.64. The third kappa shape index (κ3) is 3.81. The van der Waals surface area contributed by atoms with Gasteiger partial charge in [0.2, 0.25) is 0 Å². The number of aliphatic hydroxyl groups is 1. The first-order chi connectivity index (χ1) is 9.58. The molecule has 1 heterocycles. The Morgan fingerprint density at radius 3 is 2.55 bits per heavy atom. The molecule has 1 aromatic carbocycles. The minimum atomic E-state index is -0.458. The van der Waals surface area contributed by atoms with Gasteiger partial charge in [-0.25, -0.2) is 0 Å². The maximum Gasteiger partial charge on any atom is 0.0772 e. The first-order valence-corrected chi connectivity index (χ1v) is 7.45. The SMILES string of the molecule is CC(O)c1ccc(N(C)CCc2ccncc2)cc1Br. The van der Waals surface area contributed by atoms with Crippen LogP contribution < -0.4 is 4.90 Å². The molecule has 0 aliphatic carbocycles. The van der Waals surface area contributed by atoms with Gasteiger partial charge < -0.3 is 10.0 Å². The average Bonchev–Trinajstić information content (AvgIpc) is 2.45. The van der Waals surface area contributed by atoms with Crippen molar-refractivity contribution in [2.75, 3.05) is 18.5 Å². The standard InChI is InChI=1S/C16H19BrN2O/c1-12(20)15-4-3-14(11-16(15)17)19(2)10-7-13-5-8-18-9-6-13/h3-6,8-9,11-12,20H,7,10H2,1-2H3. The Hall–Kier alpha value is -1.39. The zero-order valence-electron chi connectivity index (χ0n) is 11.8. The van der Waals surface area contributed by atoms with Crippen molar-refractivity contribution in [3.8, 4) is 0 Å². The predicted molar refractivity (Wildman–Crippen MR) is 86.0 cm³/mol. The van der Waals surface area contributed by atoms with Crippen molar-refractivity contribution in [1.82, 2.24) is 4.98 Å². The van der Waals surface area contributed by atoms with Gasteiger partial charge in [0.25, 0.3) is 0 Å². The van der Waals surface area contributed by atoms with E-state index in [4.69, 9.17) is 0 Å². The summed E-state index contributed by atoms with van der Waals surface area (Å²) in [5.41, 5.74) is 3.33. The van der Waals surface area contributed by atoms with Gasteiger partial charge in [0.1, 0.15) is 0 Å². The fraction of sp³-hybridized carbons (Fsp3) is 0.312. The van der Waals surface area contributed by atoms with Gasteiger partial charge in [-0.15, -0.1) is 0 Å². The molecule has 0 amide bonds. The molecule has 106 valence electrons. The molecule has 1 aromatic heterocycles. The Morgan fingerprint density at radius 1 is 1.25 bits per heavy atom. The van der Waals surface area contributed by atoms with Crippen LogP contribution in [0.2, 0.25) is 0 Å². The highest BCUT2D eigenvalue weighted by atomic mass is 79.9. The van der Waals surface area contributed by atoms with Crippen molar-refractivity contribution in [1.29, 1.82) is 0 Å². The van der Waals surface area contributed by atoms with Crippen molar-refractivity contribution >= 4 is 21.6 Å². The van der Waals surface area contributed by atoms with Crippen LogP contribution in [0.4, 0.5) is 5.69 Å². The van der Waals surface area contributed by atoms with Crippen molar-refractivity contribution in [3.63, 3.8) is 0 Å². The van der Waals surface area contributed by atoms with Gasteiger partial charge in [0, 0.05) is 36.1 Å². The molecule has 0 spiro atoms. The Labute approximate surface area is 128 Å². The van der Waals surface area contributed by atoms with Crippen LogP contribution in [-0.2, 0) is 6.42 Å². The Kier molecular flexibility index (Phi) is 5.15. The Bertz CT molecular complexity index is 558. The van der Waals surface area contributed by atoms with Crippen molar-refractivity contribution in [2.45, 2.75) is 19.4 Å². The lowest BCUT2D eigenvalue weighted by atomic mass is 10.1.